The van der Waals surface area contributed by atoms with E-state index >= 15 is 0 Å². The number of nitrogens with two attached hydrogens (primary N) is 1. The summed E-state index contributed by atoms with van der Waals surface area (Å²) in [6.07, 6.45) is -6.56. The highest BCUT2D eigenvalue weighted by Gasteiger charge is 2.49. The number of nitrogens with one attached hydrogen (secondary N) is 1. The first kappa shape index (κ1) is 29.8. The normalized spacial score (nSPS) is 25.2. The van der Waals surface area contributed by atoms with E-state index < -0.39 is 41.5 Å². The van der Waals surface area contributed by atoms with Crippen molar-refractivity contribution in [2.75, 3.05) is 38.5 Å². The quantitative estimate of drug-likeness (QED) is 0.254. The lowest BCUT2D eigenvalue weighted by Crippen LogP contribution is -2.43. The highest BCUT2D eigenvalue weighted by molar-refractivity contribution is 7.23. The summed E-state index contributed by atoms with van der Waals surface area (Å²) < 4.78 is 99.5. The number of rotatable bonds is 6. The maximum Gasteiger partial charge on any atom is 0.417 e. The Kier molecular flexibility index (Phi) is 7.21. The minimum Gasteiger partial charge on any atom is -0.469 e. The molecule has 0 radical (unpaired) electrons. The third-order valence-electron chi connectivity index (χ3n) is 8.89. The lowest BCUT2D eigenvalue weighted by atomic mass is 9.93. The fourth-order valence-corrected chi connectivity index (χ4v) is 7.74. The molecule has 2 aromatic carbocycles. The van der Waals surface area contributed by atoms with Crippen molar-refractivity contribution in [3.63, 3.8) is 0 Å². The number of fused-ring (bicyclic) bond motifs is 3. The molecule has 0 amide bonds. The van der Waals surface area contributed by atoms with E-state index in [0.717, 1.165) is 48.6 Å². The van der Waals surface area contributed by atoms with Crippen molar-refractivity contribution < 1.29 is 35.8 Å². The number of nitriles is 1. The van der Waals surface area contributed by atoms with Crippen LogP contribution in [0.5, 0.6) is 11.9 Å². The van der Waals surface area contributed by atoms with E-state index in [0.29, 0.717) is 6.42 Å². The van der Waals surface area contributed by atoms with Crippen molar-refractivity contribution in [2.24, 2.45) is 0 Å². The van der Waals surface area contributed by atoms with Gasteiger partial charge in [0.25, 0.3) is 0 Å². The Morgan fingerprint density at radius 3 is 2.73 bits per heavy atom. The molecule has 7 rings (SSSR count). The highest BCUT2D eigenvalue weighted by Crippen LogP contribution is 2.47. The van der Waals surface area contributed by atoms with Crippen LogP contribution < -0.4 is 20.5 Å². The second-order valence-corrected chi connectivity index (χ2v) is 12.7. The number of anilines is 1. The molecule has 3 saturated heterocycles. The van der Waals surface area contributed by atoms with E-state index in [4.69, 9.17) is 15.2 Å². The minimum absolute atomic E-state index is 0.00328. The number of halogens is 6. The predicted molar refractivity (Wildman–Crippen MR) is 155 cm³/mol. The first-order valence-electron chi connectivity index (χ1n) is 14.3. The molecular formula is C30H26F6N6O2S. The van der Waals surface area contributed by atoms with Gasteiger partial charge in [0.2, 0.25) is 5.88 Å². The third-order valence-corrected chi connectivity index (χ3v) is 9.91. The molecule has 3 N–H and O–H groups in total. The van der Waals surface area contributed by atoms with Crippen LogP contribution in [0.1, 0.15) is 30.4 Å². The van der Waals surface area contributed by atoms with Crippen LogP contribution in [0.15, 0.2) is 24.3 Å². The number of benzene rings is 2. The SMILES string of the molecule is N#Cc1c(N)sc2c(F)ccc(-c3cc4nc(OC[C@@]56CCCN5C[C@H](F)C6)nc(O[C@H]5CNC[C@H]5F)c4cc3C(F)(F)F)c12. The molecule has 0 saturated carbocycles. The molecule has 4 atom stereocenters. The summed E-state index contributed by atoms with van der Waals surface area (Å²) in [5.41, 5.74) is 3.65. The molecule has 5 heterocycles. The van der Waals surface area contributed by atoms with Crippen molar-refractivity contribution in [1.82, 2.24) is 20.2 Å². The molecule has 2 aromatic heterocycles. The van der Waals surface area contributed by atoms with Gasteiger partial charge in [-0.2, -0.15) is 28.4 Å². The van der Waals surface area contributed by atoms with Crippen molar-refractivity contribution >= 4 is 37.3 Å². The number of thiophene rings is 1. The van der Waals surface area contributed by atoms with Gasteiger partial charge >= 0.3 is 12.2 Å². The summed E-state index contributed by atoms with van der Waals surface area (Å²) in [5, 5.41) is 12.4. The van der Waals surface area contributed by atoms with Crippen LogP contribution in [0.3, 0.4) is 0 Å². The van der Waals surface area contributed by atoms with Crippen molar-refractivity contribution in [3.05, 3.63) is 41.2 Å². The van der Waals surface area contributed by atoms with E-state index in [-0.39, 0.29) is 87.2 Å². The Labute approximate surface area is 256 Å². The summed E-state index contributed by atoms with van der Waals surface area (Å²) in [4.78, 5) is 10.7. The predicted octanol–water partition coefficient (Wildman–Crippen LogP) is 5.77. The number of hydrogen-bond acceptors (Lipinski definition) is 9. The Morgan fingerprint density at radius 1 is 1.18 bits per heavy atom. The number of hydrogen-bond donors (Lipinski definition) is 2. The van der Waals surface area contributed by atoms with Crippen molar-refractivity contribution in [2.45, 2.75) is 49.4 Å². The van der Waals surface area contributed by atoms with Gasteiger partial charge in [-0.3, -0.25) is 4.90 Å². The first-order valence-corrected chi connectivity index (χ1v) is 15.2. The van der Waals surface area contributed by atoms with Crippen LogP contribution >= 0.6 is 11.3 Å². The van der Waals surface area contributed by atoms with Crippen LogP contribution in [0.25, 0.3) is 32.1 Å². The van der Waals surface area contributed by atoms with Gasteiger partial charge in [-0.1, -0.05) is 6.07 Å². The maximum absolute atomic E-state index is 14.8. The zero-order chi connectivity index (χ0) is 31.7. The lowest BCUT2D eigenvalue weighted by Gasteiger charge is -2.30. The molecule has 3 fully saturated rings. The molecule has 3 aliphatic heterocycles. The van der Waals surface area contributed by atoms with Crippen LogP contribution in [0.2, 0.25) is 0 Å². The Balaban J connectivity index is 1.40. The Hall–Kier alpha value is -3.87. The van der Waals surface area contributed by atoms with E-state index in [9.17, 15) is 31.6 Å². The van der Waals surface area contributed by atoms with Crippen LogP contribution in [0, 0.1) is 17.1 Å². The monoisotopic (exact) mass is 648 g/mol. The first-order chi connectivity index (χ1) is 21.5. The number of ether oxygens (including phenoxy) is 2. The number of nitrogens with zero attached hydrogens (tertiary/aromatic N) is 4. The van der Waals surface area contributed by atoms with Gasteiger partial charge in [0, 0.05) is 31.4 Å². The molecule has 236 valence electrons. The second kappa shape index (κ2) is 10.9. The number of nitrogen functional groups attached to an aromatic ring is 1. The summed E-state index contributed by atoms with van der Waals surface area (Å²) in [5.74, 6) is -1.04. The topological polar surface area (TPSA) is 109 Å². The molecule has 0 spiro atoms. The van der Waals surface area contributed by atoms with E-state index in [1.54, 1.807) is 0 Å². The fraction of sp³-hybridized carbons (Fsp3) is 0.433. The van der Waals surface area contributed by atoms with Gasteiger partial charge in [0.05, 0.1) is 32.3 Å². The number of aromatic nitrogens is 2. The average molecular weight is 649 g/mol. The van der Waals surface area contributed by atoms with Gasteiger partial charge in [-0.25, -0.2) is 13.2 Å². The molecule has 0 bridgehead atoms. The Bertz CT molecular complexity index is 1860. The van der Waals surface area contributed by atoms with E-state index in [2.05, 4.69) is 15.3 Å². The highest BCUT2D eigenvalue weighted by atomic mass is 32.1. The molecule has 3 aliphatic rings. The third kappa shape index (κ3) is 5.08. The molecule has 0 unspecified atom stereocenters. The molecule has 15 heteroatoms. The van der Waals surface area contributed by atoms with E-state index in [1.807, 2.05) is 11.0 Å². The summed E-state index contributed by atoms with van der Waals surface area (Å²) >= 11 is 0.766. The molecule has 8 nitrogen and oxygen atoms in total. The average Bonchev–Trinajstić information content (AvgIpc) is 3.73. The second-order valence-electron chi connectivity index (χ2n) is 11.7. The van der Waals surface area contributed by atoms with Crippen molar-refractivity contribution in [1.29, 1.82) is 5.26 Å². The molecular weight excluding hydrogens is 622 g/mol. The zero-order valence-electron chi connectivity index (χ0n) is 23.6. The van der Waals surface area contributed by atoms with Gasteiger partial charge in [-0.05, 0) is 48.7 Å². The molecule has 4 aromatic rings. The maximum atomic E-state index is 14.8. The standard InChI is InChI=1S/C30H26F6N6O2S/c31-14-8-29(4-1-5-42(29)12-14)13-43-28-40-22-7-16(15-2-3-20(32)25-24(15)18(9-37)26(38)45-25)19(30(34,35)36)6-17(22)27(41-28)44-23-11-39-10-21(23)33/h2-3,6-7,14,21,23,39H,1,4-5,8,10-13,38H2/t14-,21-,23+,29+/m1/s1. The van der Waals surface area contributed by atoms with Crippen LogP contribution in [-0.4, -0.2) is 71.6 Å². The van der Waals surface area contributed by atoms with Crippen molar-refractivity contribution in [3.8, 4) is 29.1 Å². The van der Waals surface area contributed by atoms with Gasteiger partial charge in [0.15, 0.2) is 6.17 Å². The van der Waals surface area contributed by atoms with Crippen LogP contribution in [0.4, 0.5) is 31.3 Å². The summed E-state index contributed by atoms with van der Waals surface area (Å²) in [6, 6.07) is 5.78. The molecule has 45 heavy (non-hydrogen) atoms. The van der Waals surface area contributed by atoms with E-state index in [1.165, 1.54) is 0 Å². The van der Waals surface area contributed by atoms with Crippen LogP contribution in [-0.2, 0) is 6.18 Å². The number of alkyl halides is 5. The summed E-state index contributed by atoms with van der Waals surface area (Å²) in [7, 11) is 0. The molecule has 0 aliphatic carbocycles. The smallest absolute Gasteiger partial charge is 0.417 e. The summed E-state index contributed by atoms with van der Waals surface area (Å²) in [6.45, 7) is 1.16. The van der Waals surface area contributed by atoms with Gasteiger partial charge in [0.1, 0.15) is 35.8 Å². The van der Waals surface area contributed by atoms with Gasteiger partial charge in [-0.15, -0.1) is 11.3 Å². The Morgan fingerprint density at radius 2 is 2.00 bits per heavy atom. The minimum atomic E-state index is -4.92. The van der Waals surface area contributed by atoms with Gasteiger partial charge < -0.3 is 20.5 Å². The lowest BCUT2D eigenvalue weighted by molar-refractivity contribution is -0.137. The largest absolute Gasteiger partial charge is 0.469 e. The zero-order valence-corrected chi connectivity index (χ0v) is 24.4. The fourth-order valence-electron chi connectivity index (χ4n) is 6.79.